The van der Waals surface area contributed by atoms with Gasteiger partial charge in [-0.05, 0) is 12.1 Å². The van der Waals surface area contributed by atoms with Gasteiger partial charge in [0.15, 0.2) is 9.84 Å². The molecule has 0 unspecified atom stereocenters. The lowest BCUT2D eigenvalue weighted by Crippen LogP contribution is -2.52. The van der Waals surface area contributed by atoms with Gasteiger partial charge >= 0.3 is 0 Å². The number of rotatable bonds is 3. The van der Waals surface area contributed by atoms with Gasteiger partial charge in [-0.15, -0.1) is 0 Å². The van der Waals surface area contributed by atoms with Crippen molar-refractivity contribution in [2.45, 2.75) is 11.0 Å². The number of hydrogen-bond donors (Lipinski definition) is 1. The fraction of sp³-hybridized carbons (Fsp3) is 0.250. The average Bonchev–Trinajstić information content (AvgIpc) is 2.33. The van der Waals surface area contributed by atoms with Gasteiger partial charge in [0.1, 0.15) is 0 Å². The van der Waals surface area contributed by atoms with Crippen LogP contribution in [0.15, 0.2) is 46.7 Å². The van der Waals surface area contributed by atoms with E-state index in [9.17, 15) is 13.2 Å². The maximum Gasteiger partial charge on any atom is 0.247 e. The third kappa shape index (κ3) is 2.77. The number of carbonyl (C=O) groups excluding carboxylic acids is 1. The van der Waals surface area contributed by atoms with Crippen molar-refractivity contribution in [3.8, 4) is 0 Å². The Morgan fingerprint density at radius 3 is 2.44 bits per heavy atom. The molecule has 0 saturated carbocycles. The summed E-state index contributed by atoms with van der Waals surface area (Å²) in [5.74, 6) is -0.403. The van der Waals surface area contributed by atoms with E-state index in [4.69, 9.17) is 5.11 Å². The first-order chi connectivity index (χ1) is 8.49. The van der Waals surface area contributed by atoms with Gasteiger partial charge in [0.2, 0.25) is 5.91 Å². The summed E-state index contributed by atoms with van der Waals surface area (Å²) < 4.78 is 23.6. The normalized spacial score (nSPS) is 16.8. The van der Waals surface area contributed by atoms with E-state index < -0.39 is 21.8 Å². The molecule has 0 atom stereocenters. The van der Waals surface area contributed by atoms with Gasteiger partial charge in [0.05, 0.1) is 11.0 Å². The summed E-state index contributed by atoms with van der Waals surface area (Å²) in [5.41, 5.74) is 0. The fourth-order valence-corrected chi connectivity index (χ4v) is 2.57. The number of sulfone groups is 1. The van der Waals surface area contributed by atoms with Gasteiger partial charge in [0, 0.05) is 24.6 Å². The second kappa shape index (κ2) is 4.91. The number of benzene rings is 1. The summed E-state index contributed by atoms with van der Waals surface area (Å²) >= 11 is 0. The van der Waals surface area contributed by atoms with Crippen LogP contribution >= 0.6 is 0 Å². The molecule has 0 aromatic heterocycles. The van der Waals surface area contributed by atoms with Crippen LogP contribution in [0.4, 0.5) is 0 Å². The van der Waals surface area contributed by atoms with E-state index in [1.165, 1.54) is 17.0 Å². The van der Waals surface area contributed by atoms with Crippen LogP contribution in [0.25, 0.3) is 0 Å². The lowest BCUT2D eigenvalue weighted by atomic mass is 10.2. The maximum absolute atomic E-state index is 11.8. The van der Waals surface area contributed by atoms with Crippen LogP contribution in [0.3, 0.4) is 0 Å². The van der Waals surface area contributed by atoms with Gasteiger partial charge < -0.3 is 10.0 Å². The quantitative estimate of drug-likeness (QED) is 0.793. The van der Waals surface area contributed by atoms with Gasteiger partial charge in [-0.2, -0.15) is 0 Å². The molecule has 6 heteroatoms. The Labute approximate surface area is 105 Å². The molecule has 0 bridgehead atoms. The largest absolute Gasteiger partial charge is 0.389 e. The molecule has 0 spiro atoms. The topological polar surface area (TPSA) is 74.7 Å². The number of carbonyl (C=O) groups is 1. The molecule has 1 aliphatic rings. The lowest BCUT2D eigenvalue weighted by molar-refractivity contribution is -0.135. The maximum atomic E-state index is 11.8. The molecular formula is C12H13NO4S. The van der Waals surface area contributed by atoms with Crippen LogP contribution in [-0.4, -0.2) is 43.5 Å². The minimum Gasteiger partial charge on any atom is -0.389 e. The zero-order chi connectivity index (χ0) is 13.2. The van der Waals surface area contributed by atoms with Gasteiger partial charge in [-0.1, -0.05) is 18.2 Å². The Morgan fingerprint density at radius 1 is 1.28 bits per heavy atom. The summed E-state index contributed by atoms with van der Waals surface area (Å²) in [5, 5.41) is 9.94. The Bertz CT molecular complexity index is 559. The second-order valence-electron chi connectivity index (χ2n) is 4.06. The third-order valence-electron chi connectivity index (χ3n) is 2.64. The first-order valence-corrected chi connectivity index (χ1v) is 6.99. The predicted octanol–water partition coefficient (Wildman–Crippen LogP) is 0.177. The fourth-order valence-electron chi connectivity index (χ4n) is 1.58. The number of aliphatic hydroxyl groups is 1. The second-order valence-corrected chi connectivity index (χ2v) is 5.89. The highest BCUT2D eigenvalue weighted by molar-refractivity contribution is 7.94. The zero-order valence-corrected chi connectivity index (χ0v) is 10.4. The molecule has 1 fully saturated rings. The smallest absolute Gasteiger partial charge is 0.247 e. The summed E-state index contributed by atoms with van der Waals surface area (Å²) in [6, 6.07) is 7.90. The Kier molecular flexibility index (Phi) is 3.49. The van der Waals surface area contributed by atoms with E-state index in [1.807, 2.05) is 0 Å². The van der Waals surface area contributed by atoms with Crippen molar-refractivity contribution in [1.82, 2.24) is 4.90 Å². The summed E-state index contributed by atoms with van der Waals surface area (Å²) in [6.07, 6.45) is 0.530. The van der Waals surface area contributed by atoms with Crippen LogP contribution in [0.1, 0.15) is 0 Å². The summed E-state index contributed by atoms with van der Waals surface area (Å²) in [7, 11) is -3.58. The molecule has 5 nitrogen and oxygen atoms in total. The molecule has 1 aliphatic heterocycles. The van der Waals surface area contributed by atoms with E-state index >= 15 is 0 Å². The van der Waals surface area contributed by atoms with Gasteiger partial charge in [0.25, 0.3) is 0 Å². The Morgan fingerprint density at radius 2 is 1.89 bits per heavy atom. The standard InChI is InChI=1S/C12H13NO4S/c14-10-8-13(9-10)12(15)6-7-18(16,17)11-4-2-1-3-5-11/h1-7,10,14H,8-9H2. The van der Waals surface area contributed by atoms with Crippen molar-refractivity contribution in [1.29, 1.82) is 0 Å². The number of amides is 1. The van der Waals surface area contributed by atoms with Crippen LogP contribution < -0.4 is 0 Å². The number of likely N-dealkylation sites (tertiary alicyclic amines) is 1. The number of nitrogens with zero attached hydrogens (tertiary/aromatic N) is 1. The molecule has 2 rings (SSSR count). The van der Waals surface area contributed by atoms with Crippen molar-refractivity contribution in [2.75, 3.05) is 13.1 Å². The van der Waals surface area contributed by atoms with Crippen molar-refractivity contribution >= 4 is 15.7 Å². The molecule has 1 aromatic carbocycles. The first-order valence-electron chi connectivity index (χ1n) is 5.44. The Balaban J connectivity index is 2.07. The van der Waals surface area contributed by atoms with Gasteiger partial charge in [-0.25, -0.2) is 8.42 Å². The molecule has 18 heavy (non-hydrogen) atoms. The average molecular weight is 267 g/mol. The first kappa shape index (κ1) is 12.8. The minimum atomic E-state index is -3.58. The highest BCUT2D eigenvalue weighted by Crippen LogP contribution is 2.12. The van der Waals surface area contributed by atoms with E-state index in [0.717, 1.165) is 11.5 Å². The van der Waals surface area contributed by atoms with Crippen LogP contribution in [-0.2, 0) is 14.6 Å². The van der Waals surface area contributed by atoms with Crippen molar-refractivity contribution in [3.05, 3.63) is 41.8 Å². The highest BCUT2D eigenvalue weighted by Gasteiger charge is 2.27. The summed E-state index contributed by atoms with van der Waals surface area (Å²) in [6.45, 7) is 0.517. The SMILES string of the molecule is O=C(C=CS(=O)(=O)c1ccccc1)N1CC(O)C1. The van der Waals surface area contributed by atoms with Gasteiger partial charge in [-0.3, -0.25) is 4.79 Å². The number of hydrogen-bond acceptors (Lipinski definition) is 4. The van der Waals surface area contributed by atoms with E-state index in [0.29, 0.717) is 0 Å². The number of β-amino-alcohol motifs (C(OH)–C–C–N with tert-alkyl or cyclic N) is 1. The van der Waals surface area contributed by atoms with Crippen molar-refractivity contribution in [2.24, 2.45) is 0 Å². The van der Waals surface area contributed by atoms with E-state index in [1.54, 1.807) is 18.2 Å². The molecular weight excluding hydrogens is 254 g/mol. The monoisotopic (exact) mass is 267 g/mol. The molecule has 1 aromatic rings. The van der Waals surface area contributed by atoms with Crippen LogP contribution in [0.2, 0.25) is 0 Å². The predicted molar refractivity (Wildman–Crippen MR) is 65.4 cm³/mol. The molecule has 1 heterocycles. The molecule has 1 saturated heterocycles. The van der Waals surface area contributed by atoms with Crippen LogP contribution in [0, 0.1) is 0 Å². The molecule has 96 valence electrons. The van der Waals surface area contributed by atoms with Crippen LogP contribution in [0.5, 0.6) is 0 Å². The molecule has 1 N–H and O–H groups in total. The van der Waals surface area contributed by atoms with Crippen molar-refractivity contribution < 1.29 is 18.3 Å². The Hall–Kier alpha value is -1.66. The minimum absolute atomic E-state index is 0.151. The molecule has 0 radical (unpaired) electrons. The van der Waals surface area contributed by atoms with Crippen molar-refractivity contribution in [3.63, 3.8) is 0 Å². The lowest BCUT2D eigenvalue weighted by Gasteiger charge is -2.34. The van der Waals surface area contributed by atoms with E-state index in [2.05, 4.69) is 0 Å². The molecule has 0 aliphatic carbocycles. The number of aliphatic hydroxyl groups excluding tert-OH is 1. The highest BCUT2D eigenvalue weighted by atomic mass is 32.2. The van der Waals surface area contributed by atoms with E-state index in [-0.39, 0.29) is 18.0 Å². The summed E-state index contributed by atoms with van der Waals surface area (Å²) in [4.78, 5) is 13.0. The molecule has 1 amide bonds. The third-order valence-corrected chi connectivity index (χ3v) is 4.06. The zero-order valence-electron chi connectivity index (χ0n) is 9.56.